The van der Waals surface area contributed by atoms with Crippen LogP contribution in [0.15, 0.2) is 116 Å². The Morgan fingerprint density at radius 2 is 1.46 bits per heavy atom. The highest BCUT2D eigenvalue weighted by molar-refractivity contribution is 5.93. The number of hydrogen-bond acceptors (Lipinski definition) is 9. The number of hydrogen-bond donors (Lipinski definition) is 2. The molecule has 1 amide bonds. The molecule has 0 spiro atoms. The van der Waals surface area contributed by atoms with Gasteiger partial charge in [-0.25, -0.2) is 24.3 Å². The zero-order chi connectivity index (χ0) is 36.4. The van der Waals surface area contributed by atoms with Crippen molar-refractivity contribution in [1.29, 1.82) is 0 Å². The van der Waals surface area contributed by atoms with Crippen molar-refractivity contribution in [3.05, 3.63) is 139 Å². The lowest BCUT2D eigenvalue weighted by atomic mass is 9.99. The molecule has 0 aliphatic rings. The smallest absolute Gasteiger partial charge is 0.268 e. The van der Waals surface area contributed by atoms with E-state index in [-0.39, 0.29) is 11.5 Å². The fourth-order valence-electron chi connectivity index (χ4n) is 5.78. The molecule has 0 saturated carbocycles. The lowest BCUT2D eigenvalue weighted by Gasteiger charge is -2.11. The second kappa shape index (κ2) is 14.1. The Morgan fingerprint density at radius 3 is 2.17 bits per heavy atom. The molecule has 0 radical (unpaired) electrons. The van der Waals surface area contributed by atoms with Crippen LogP contribution in [0.5, 0.6) is 0 Å². The van der Waals surface area contributed by atoms with Crippen LogP contribution < -0.4 is 11.5 Å². The highest BCUT2D eigenvalue weighted by Crippen LogP contribution is 2.33. The van der Waals surface area contributed by atoms with Crippen LogP contribution in [0.1, 0.15) is 41.6 Å². The van der Waals surface area contributed by atoms with E-state index in [1.807, 2.05) is 72.9 Å². The Kier molecular flexibility index (Phi) is 9.11. The molecule has 0 aliphatic carbocycles. The molecule has 0 atom stereocenters. The Bertz CT molecular complexity index is 2600. The number of primary amides is 1. The third kappa shape index (κ3) is 6.77. The minimum absolute atomic E-state index is 0.199. The van der Waals surface area contributed by atoms with Gasteiger partial charge < -0.3 is 15.9 Å². The van der Waals surface area contributed by atoms with Crippen LogP contribution in [0.4, 0.5) is 10.2 Å². The molecule has 11 nitrogen and oxygen atoms in total. The van der Waals surface area contributed by atoms with Gasteiger partial charge in [0.15, 0.2) is 0 Å². The molecule has 8 rings (SSSR count). The quantitative estimate of drug-likeness (QED) is 0.180. The fraction of sp³-hybridized carbons (Fsp3) is 0.100. The summed E-state index contributed by atoms with van der Waals surface area (Å²) in [5.41, 5.74) is 21.0. The number of fused-ring (bicyclic) bond motifs is 2. The Hall–Kier alpha value is -6.95. The number of rotatable bonds is 6. The van der Waals surface area contributed by atoms with E-state index < -0.39 is 5.91 Å². The van der Waals surface area contributed by atoms with E-state index in [9.17, 15) is 9.18 Å². The van der Waals surface area contributed by atoms with Gasteiger partial charge in [0.25, 0.3) is 5.91 Å². The van der Waals surface area contributed by atoms with Crippen molar-refractivity contribution in [1.82, 2.24) is 39.3 Å². The number of aromatic nitrogens is 8. The predicted molar refractivity (Wildman–Crippen MR) is 199 cm³/mol. The average Bonchev–Trinajstić information content (AvgIpc) is 3.61. The van der Waals surface area contributed by atoms with E-state index in [0.29, 0.717) is 34.5 Å². The van der Waals surface area contributed by atoms with Crippen molar-refractivity contribution in [3.63, 3.8) is 0 Å². The molecule has 7 heterocycles. The molecule has 1 aromatic carbocycles. The number of pyridine rings is 5. The molecule has 12 heteroatoms. The van der Waals surface area contributed by atoms with Crippen LogP contribution in [0.3, 0.4) is 0 Å². The topological polar surface area (TPSA) is 164 Å². The van der Waals surface area contributed by atoms with E-state index in [1.54, 1.807) is 42.0 Å². The highest BCUT2D eigenvalue weighted by Gasteiger charge is 2.15. The number of aryl methyl sites for hydroxylation is 1. The van der Waals surface area contributed by atoms with E-state index in [2.05, 4.69) is 43.8 Å². The largest absolute Gasteiger partial charge is 0.383 e. The molecule has 0 fully saturated rings. The number of halogens is 1. The van der Waals surface area contributed by atoms with E-state index in [1.165, 1.54) is 12.4 Å². The number of benzene rings is 1. The molecule has 0 bridgehead atoms. The SMILES string of the molecule is CC(C)c1cccc(-c2ncccc2-c2ccc3ncnc(N)c3c2)n1.Cc1nc(-c2ncccc2-c2ccc3nc(C(N)=O)cn3c2)ccc1F. The lowest BCUT2D eigenvalue weighted by molar-refractivity contribution is 0.0996. The van der Waals surface area contributed by atoms with Gasteiger partial charge in [0.1, 0.15) is 29.3 Å². The first-order valence-corrected chi connectivity index (χ1v) is 16.5. The van der Waals surface area contributed by atoms with Crippen LogP contribution >= 0.6 is 0 Å². The standard InChI is InChI=1S/C21H19N5.C19H14FN5O/c1-13(2)17-6-3-7-19(26-17)20-15(5-4-10-23-20)14-8-9-18-16(11-14)21(22)25-12-24-18;1-11-14(20)5-6-15(23-11)18-13(3-2-8-22-18)12-4-7-17-24-16(19(21)26)10-25(17)9-12/h3-13H,1-2H3,(H2,22,24,25);2-10H,1H3,(H2,21,26). The second-order valence-electron chi connectivity index (χ2n) is 12.3. The van der Waals surface area contributed by atoms with Crippen LogP contribution in [0.25, 0.3) is 61.6 Å². The van der Waals surface area contributed by atoms with Crippen LogP contribution in [-0.4, -0.2) is 45.2 Å². The summed E-state index contributed by atoms with van der Waals surface area (Å²) in [5.74, 6) is -0.102. The van der Waals surface area contributed by atoms with Gasteiger partial charge in [0, 0.05) is 52.6 Å². The van der Waals surface area contributed by atoms with Gasteiger partial charge in [-0.05, 0) is 79.1 Å². The number of nitrogens with two attached hydrogens (primary N) is 2. The summed E-state index contributed by atoms with van der Waals surface area (Å²) in [4.78, 5) is 42.0. The maximum atomic E-state index is 13.5. The molecule has 256 valence electrons. The molecule has 0 unspecified atom stereocenters. The first-order chi connectivity index (χ1) is 25.2. The second-order valence-corrected chi connectivity index (χ2v) is 12.3. The van der Waals surface area contributed by atoms with Gasteiger partial charge in [-0.3, -0.25) is 19.7 Å². The zero-order valence-electron chi connectivity index (χ0n) is 28.6. The number of amides is 1. The molecule has 0 aliphatic heterocycles. The first-order valence-electron chi connectivity index (χ1n) is 16.5. The summed E-state index contributed by atoms with van der Waals surface area (Å²) in [5, 5.41) is 0.837. The molecular formula is C40H33FN10O. The normalized spacial score (nSPS) is 11.1. The van der Waals surface area contributed by atoms with Gasteiger partial charge >= 0.3 is 0 Å². The lowest BCUT2D eigenvalue weighted by Crippen LogP contribution is -2.10. The molecular weight excluding hydrogens is 656 g/mol. The van der Waals surface area contributed by atoms with Crippen molar-refractivity contribution in [2.75, 3.05) is 5.73 Å². The van der Waals surface area contributed by atoms with E-state index in [4.69, 9.17) is 16.5 Å². The van der Waals surface area contributed by atoms with Crippen molar-refractivity contribution >= 4 is 28.3 Å². The van der Waals surface area contributed by atoms with Crippen LogP contribution in [0, 0.1) is 12.7 Å². The van der Waals surface area contributed by atoms with Crippen molar-refractivity contribution in [2.24, 2.45) is 5.73 Å². The van der Waals surface area contributed by atoms with Crippen LogP contribution in [-0.2, 0) is 0 Å². The van der Waals surface area contributed by atoms with Gasteiger partial charge in [-0.2, -0.15) is 0 Å². The predicted octanol–water partition coefficient (Wildman–Crippen LogP) is 7.46. The maximum Gasteiger partial charge on any atom is 0.268 e. The van der Waals surface area contributed by atoms with Gasteiger partial charge in [0.05, 0.1) is 34.0 Å². The van der Waals surface area contributed by atoms with E-state index in [0.717, 1.165) is 50.2 Å². The maximum absolute atomic E-state index is 13.5. The van der Waals surface area contributed by atoms with Crippen molar-refractivity contribution in [3.8, 4) is 45.0 Å². The summed E-state index contributed by atoms with van der Waals surface area (Å²) in [6.45, 7) is 5.89. The Labute approximate surface area is 298 Å². The number of carbonyl (C=O) groups is 1. The number of anilines is 1. The number of imidazole rings is 1. The van der Waals surface area contributed by atoms with Gasteiger partial charge in [-0.15, -0.1) is 0 Å². The summed E-state index contributed by atoms with van der Waals surface area (Å²) < 4.78 is 15.3. The first kappa shape index (κ1) is 33.5. The Morgan fingerprint density at radius 1 is 0.750 bits per heavy atom. The van der Waals surface area contributed by atoms with Gasteiger partial charge in [-0.1, -0.05) is 38.1 Å². The molecule has 8 aromatic rings. The molecule has 7 aromatic heterocycles. The third-order valence-electron chi connectivity index (χ3n) is 8.48. The summed E-state index contributed by atoms with van der Waals surface area (Å²) >= 11 is 0. The summed E-state index contributed by atoms with van der Waals surface area (Å²) in [6, 6.07) is 26.4. The minimum atomic E-state index is -0.580. The van der Waals surface area contributed by atoms with Crippen molar-refractivity contribution in [2.45, 2.75) is 26.7 Å². The third-order valence-corrected chi connectivity index (χ3v) is 8.48. The van der Waals surface area contributed by atoms with Crippen LogP contribution in [0.2, 0.25) is 0 Å². The highest BCUT2D eigenvalue weighted by atomic mass is 19.1. The summed E-state index contributed by atoms with van der Waals surface area (Å²) in [7, 11) is 0. The molecule has 4 N–H and O–H groups in total. The average molecular weight is 689 g/mol. The van der Waals surface area contributed by atoms with Crippen molar-refractivity contribution < 1.29 is 9.18 Å². The minimum Gasteiger partial charge on any atom is -0.383 e. The number of nitrogen functional groups attached to an aromatic ring is 1. The van der Waals surface area contributed by atoms with Gasteiger partial charge in [0.2, 0.25) is 0 Å². The summed E-state index contributed by atoms with van der Waals surface area (Å²) in [6.07, 6.45) is 8.36. The molecule has 0 saturated heterocycles. The Balaban J connectivity index is 0.000000162. The fourth-order valence-corrected chi connectivity index (χ4v) is 5.78. The number of carbonyl (C=O) groups excluding carboxylic acids is 1. The molecule has 52 heavy (non-hydrogen) atoms. The zero-order valence-corrected chi connectivity index (χ0v) is 28.6. The van der Waals surface area contributed by atoms with E-state index >= 15 is 0 Å². The number of nitrogens with zero attached hydrogens (tertiary/aromatic N) is 8. The monoisotopic (exact) mass is 688 g/mol.